The molecule has 1 unspecified atom stereocenters. The molecule has 1 aromatic carbocycles. The first kappa shape index (κ1) is 19.8. The Morgan fingerprint density at radius 3 is 2.66 bits per heavy atom. The molecule has 2 saturated heterocycles. The minimum atomic E-state index is -0.527. The second kappa shape index (κ2) is 8.11. The SMILES string of the molecule is CC(C)c1ccc(CN2CCCC3(CCN(c4cncc(C(N)=O)n4)C3)C2)cc1. The van der Waals surface area contributed by atoms with Gasteiger partial charge in [0.25, 0.3) is 5.91 Å². The molecule has 1 amide bonds. The van der Waals surface area contributed by atoms with E-state index in [9.17, 15) is 4.79 Å². The number of amides is 1. The van der Waals surface area contributed by atoms with Gasteiger partial charge in [0.1, 0.15) is 11.5 Å². The summed E-state index contributed by atoms with van der Waals surface area (Å²) in [7, 11) is 0. The minimum absolute atomic E-state index is 0.235. The minimum Gasteiger partial charge on any atom is -0.364 e. The van der Waals surface area contributed by atoms with Gasteiger partial charge in [0, 0.05) is 31.6 Å². The molecule has 3 heterocycles. The van der Waals surface area contributed by atoms with Crippen LogP contribution in [0.25, 0.3) is 0 Å². The molecule has 2 N–H and O–H groups in total. The van der Waals surface area contributed by atoms with Gasteiger partial charge in [-0.3, -0.25) is 14.7 Å². The molecular formula is C23H31N5O. The lowest BCUT2D eigenvalue weighted by molar-refractivity contribution is 0.0991. The smallest absolute Gasteiger partial charge is 0.268 e. The van der Waals surface area contributed by atoms with Crippen LogP contribution < -0.4 is 10.6 Å². The average molecular weight is 394 g/mol. The number of primary amides is 1. The molecule has 2 aliphatic heterocycles. The summed E-state index contributed by atoms with van der Waals surface area (Å²) in [4.78, 5) is 24.9. The van der Waals surface area contributed by atoms with Gasteiger partial charge in [-0.25, -0.2) is 4.98 Å². The monoisotopic (exact) mass is 393 g/mol. The first-order valence-corrected chi connectivity index (χ1v) is 10.6. The highest BCUT2D eigenvalue weighted by Crippen LogP contribution is 2.40. The predicted molar refractivity (Wildman–Crippen MR) is 115 cm³/mol. The Hall–Kier alpha value is -2.47. The standard InChI is InChI=1S/C23H31N5O/c1-17(2)19-6-4-18(5-7-19)14-27-10-3-8-23(15-27)9-11-28(16-23)21-13-25-12-20(26-21)22(24)29/h4-7,12-13,17H,3,8-11,14-16H2,1-2H3,(H2,24,29). The molecule has 0 aliphatic carbocycles. The van der Waals surface area contributed by atoms with Crippen LogP contribution in [-0.4, -0.2) is 47.0 Å². The predicted octanol–water partition coefficient (Wildman–Crippen LogP) is 3.19. The normalized spacial score (nSPS) is 22.5. The molecule has 0 saturated carbocycles. The Morgan fingerprint density at radius 1 is 1.14 bits per heavy atom. The van der Waals surface area contributed by atoms with Crippen LogP contribution in [0.2, 0.25) is 0 Å². The van der Waals surface area contributed by atoms with E-state index < -0.39 is 5.91 Å². The van der Waals surface area contributed by atoms with Gasteiger partial charge in [-0.1, -0.05) is 38.1 Å². The van der Waals surface area contributed by atoms with Crippen molar-refractivity contribution in [3.63, 3.8) is 0 Å². The van der Waals surface area contributed by atoms with Gasteiger partial charge in [-0.15, -0.1) is 0 Å². The number of carbonyl (C=O) groups is 1. The Bertz CT molecular complexity index is 866. The number of nitrogens with zero attached hydrogens (tertiary/aromatic N) is 4. The Balaban J connectivity index is 1.41. The van der Waals surface area contributed by atoms with E-state index in [1.807, 2.05) is 0 Å². The van der Waals surface area contributed by atoms with Crippen molar-refractivity contribution in [1.29, 1.82) is 0 Å². The van der Waals surface area contributed by atoms with Gasteiger partial charge in [-0.05, 0) is 42.9 Å². The summed E-state index contributed by atoms with van der Waals surface area (Å²) >= 11 is 0. The van der Waals surface area contributed by atoms with E-state index in [0.29, 0.717) is 11.3 Å². The summed E-state index contributed by atoms with van der Waals surface area (Å²) < 4.78 is 0. The lowest BCUT2D eigenvalue weighted by atomic mass is 9.79. The van der Waals surface area contributed by atoms with Crippen molar-refractivity contribution < 1.29 is 4.79 Å². The molecular weight excluding hydrogens is 362 g/mol. The lowest BCUT2D eigenvalue weighted by Crippen LogP contribution is -2.44. The maximum Gasteiger partial charge on any atom is 0.268 e. The molecule has 29 heavy (non-hydrogen) atoms. The fourth-order valence-electron chi connectivity index (χ4n) is 4.80. The van der Waals surface area contributed by atoms with Gasteiger partial charge < -0.3 is 10.6 Å². The van der Waals surface area contributed by atoms with E-state index >= 15 is 0 Å². The fourth-order valence-corrected chi connectivity index (χ4v) is 4.80. The van der Waals surface area contributed by atoms with Crippen molar-refractivity contribution in [1.82, 2.24) is 14.9 Å². The van der Waals surface area contributed by atoms with Crippen LogP contribution in [0.3, 0.4) is 0 Å². The molecule has 2 fully saturated rings. The molecule has 2 aliphatic rings. The number of piperidine rings is 1. The van der Waals surface area contributed by atoms with Crippen LogP contribution in [0, 0.1) is 5.41 Å². The number of anilines is 1. The van der Waals surface area contributed by atoms with Gasteiger partial charge in [0.05, 0.1) is 12.4 Å². The third-order valence-electron chi connectivity index (χ3n) is 6.43. The molecule has 1 spiro atoms. The highest BCUT2D eigenvalue weighted by Gasteiger charge is 2.41. The maximum absolute atomic E-state index is 11.4. The van der Waals surface area contributed by atoms with Crippen molar-refractivity contribution in [3.05, 3.63) is 53.5 Å². The highest BCUT2D eigenvalue weighted by molar-refractivity contribution is 5.90. The van der Waals surface area contributed by atoms with Gasteiger partial charge in [0.2, 0.25) is 0 Å². The summed E-state index contributed by atoms with van der Waals surface area (Å²) in [6.45, 7) is 9.66. The van der Waals surface area contributed by atoms with Crippen molar-refractivity contribution in [2.75, 3.05) is 31.1 Å². The number of hydrogen-bond acceptors (Lipinski definition) is 5. The van der Waals surface area contributed by atoms with Gasteiger partial charge >= 0.3 is 0 Å². The Labute approximate surface area is 173 Å². The number of likely N-dealkylation sites (tertiary alicyclic amines) is 1. The Morgan fingerprint density at radius 2 is 1.93 bits per heavy atom. The molecule has 0 radical (unpaired) electrons. The van der Waals surface area contributed by atoms with Crippen molar-refractivity contribution in [2.24, 2.45) is 11.1 Å². The number of benzene rings is 1. The summed E-state index contributed by atoms with van der Waals surface area (Å²) in [5.74, 6) is 0.808. The summed E-state index contributed by atoms with van der Waals surface area (Å²) in [5.41, 5.74) is 8.68. The summed E-state index contributed by atoms with van der Waals surface area (Å²) in [5, 5.41) is 0. The second-order valence-corrected chi connectivity index (χ2v) is 9.01. The number of aromatic nitrogens is 2. The van der Waals surface area contributed by atoms with E-state index in [2.05, 4.69) is 57.9 Å². The van der Waals surface area contributed by atoms with Gasteiger partial charge in [0.15, 0.2) is 0 Å². The lowest BCUT2D eigenvalue weighted by Gasteiger charge is -2.40. The first-order valence-electron chi connectivity index (χ1n) is 10.6. The molecule has 2 aromatic rings. The Kier molecular flexibility index (Phi) is 5.54. The number of rotatable bonds is 5. The van der Waals surface area contributed by atoms with Crippen molar-refractivity contribution in [3.8, 4) is 0 Å². The van der Waals surface area contributed by atoms with Crippen molar-refractivity contribution >= 4 is 11.7 Å². The van der Waals surface area contributed by atoms with Crippen LogP contribution in [-0.2, 0) is 6.54 Å². The molecule has 154 valence electrons. The number of nitrogens with two attached hydrogens (primary N) is 1. The molecule has 0 bridgehead atoms. The van der Waals surface area contributed by atoms with Crippen LogP contribution in [0.15, 0.2) is 36.7 Å². The van der Waals surface area contributed by atoms with Crippen LogP contribution in [0.5, 0.6) is 0 Å². The summed E-state index contributed by atoms with van der Waals surface area (Å²) in [6, 6.07) is 9.09. The van der Waals surface area contributed by atoms with Crippen LogP contribution in [0.4, 0.5) is 5.82 Å². The molecule has 6 nitrogen and oxygen atoms in total. The van der Waals surface area contributed by atoms with E-state index in [1.54, 1.807) is 6.20 Å². The number of carbonyl (C=O) groups excluding carboxylic acids is 1. The first-order chi connectivity index (χ1) is 13.9. The fraction of sp³-hybridized carbons (Fsp3) is 0.522. The largest absolute Gasteiger partial charge is 0.364 e. The summed E-state index contributed by atoms with van der Waals surface area (Å²) in [6.07, 6.45) is 6.80. The van der Waals surface area contributed by atoms with Crippen LogP contribution in [0.1, 0.15) is 60.6 Å². The third kappa shape index (κ3) is 4.42. The molecule has 4 rings (SSSR count). The zero-order valence-electron chi connectivity index (χ0n) is 17.5. The highest BCUT2D eigenvalue weighted by atomic mass is 16.1. The molecule has 6 heteroatoms. The second-order valence-electron chi connectivity index (χ2n) is 9.01. The van der Waals surface area contributed by atoms with E-state index in [0.717, 1.165) is 45.0 Å². The topological polar surface area (TPSA) is 75.3 Å². The van der Waals surface area contributed by atoms with Crippen molar-refractivity contribution in [2.45, 2.75) is 45.6 Å². The zero-order chi connectivity index (χ0) is 20.4. The van der Waals surface area contributed by atoms with Gasteiger partial charge in [-0.2, -0.15) is 0 Å². The molecule has 1 atom stereocenters. The van der Waals surface area contributed by atoms with E-state index in [4.69, 9.17) is 5.73 Å². The van der Waals surface area contributed by atoms with Crippen LogP contribution >= 0.6 is 0 Å². The zero-order valence-corrected chi connectivity index (χ0v) is 17.5. The average Bonchev–Trinajstić information content (AvgIpc) is 3.11. The number of hydrogen-bond donors (Lipinski definition) is 1. The third-order valence-corrected chi connectivity index (χ3v) is 6.43. The molecule has 1 aromatic heterocycles. The van der Waals surface area contributed by atoms with E-state index in [-0.39, 0.29) is 5.69 Å². The van der Waals surface area contributed by atoms with E-state index in [1.165, 1.54) is 30.2 Å². The quantitative estimate of drug-likeness (QED) is 0.844. The maximum atomic E-state index is 11.4.